The fraction of sp³-hybridized carbons (Fsp3) is 0.533. The van der Waals surface area contributed by atoms with Gasteiger partial charge in [-0.2, -0.15) is 18.3 Å². The Labute approximate surface area is 257 Å². The Morgan fingerprint density at radius 3 is 2.59 bits per heavy atom. The summed E-state index contributed by atoms with van der Waals surface area (Å²) >= 11 is 5.89. The summed E-state index contributed by atoms with van der Waals surface area (Å²) in [6.45, 7) is 2.09. The largest absolute Gasteiger partial charge is 0.493 e. The third-order valence-corrected chi connectivity index (χ3v) is 9.44. The topological polar surface area (TPSA) is 102 Å². The number of hydrogen-bond acceptors (Lipinski definition) is 7. The monoisotopic (exact) mass is 635 g/mol. The van der Waals surface area contributed by atoms with E-state index in [1.807, 2.05) is 0 Å². The average Bonchev–Trinajstić information content (AvgIpc) is 3.54. The number of nitrogens with two attached hydrogens (primary N) is 1. The van der Waals surface area contributed by atoms with Crippen molar-refractivity contribution in [2.75, 3.05) is 31.1 Å². The minimum Gasteiger partial charge on any atom is -0.493 e. The average molecular weight is 636 g/mol. The van der Waals surface area contributed by atoms with Crippen molar-refractivity contribution in [3.63, 3.8) is 0 Å². The van der Waals surface area contributed by atoms with Gasteiger partial charge in [-0.05, 0) is 49.1 Å². The smallest absolute Gasteiger partial charge is 0.435 e. The Balaban J connectivity index is 0.968. The Hall–Kier alpha value is -3.45. The summed E-state index contributed by atoms with van der Waals surface area (Å²) in [4.78, 5) is 25.0. The summed E-state index contributed by atoms with van der Waals surface area (Å²) in [5.74, 6) is 0.902. The number of ether oxygens (including phenoxy) is 1. The quantitative estimate of drug-likeness (QED) is 0.362. The van der Waals surface area contributed by atoms with Gasteiger partial charge in [-0.1, -0.05) is 17.7 Å². The van der Waals surface area contributed by atoms with Crippen LogP contribution in [0.1, 0.15) is 48.2 Å². The molecule has 0 unspecified atom stereocenters. The van der Waals surface area contributed by atoms with E-state index in [1.54, 1.807) is 18.5 Å². The number of amides is 1. The van der Waals surface area contributed by atoms with Crippen LogP contribution in [0.25, 0.3) is 0 Å². The van der Waals surface area contributed by atoms with Gasteiger partial charge in [0.05, 0.1) is 30.4 Å². The second kappa shape index (κ2) is 11.8. The number of benzene rings is 1. The molecule has 1 saturated heterocycles. The normalized spacial score (nSPS) is 22.2. The van der Waals surface area contributed by atoms with Crippen LogP contribution in [0.5, 0.6) is 5.75 Å². The molecule has 44 heavy (non-hydrogen) atoms. The van der Waals surface area contributed by atoms with E-state index in [-0.39, 0.29) is 42.6 Å². The molecule has 236 valence electrons. The molecule has 2 atom stereocenters. The number of alkyl halides is 3. The number of fused-ring (bicyclic) bond motifs is 1. The maximum Gasteiger partial charge on any atom is 0.435 e. The second-order valence-corrected chi connectivity index (χ2v) is 12.5. The molecule has 1 amide bonds. The van der Waals surface area contributed by atoms with Crippen LogP contribution in [0.3, 0.4) is 0 Å². The number of carbonyl (C=O) groups excluding carboxylic acids is 1. The van der Waals surface area contributed by atoms with Gasteiger partial charge in [0.1, 0.15) is 11.6 Å². The highest BCUT2D eigenvalue weighted by molar-refractivity contribution is 6.30. The van der Waals surface area contributed by atoms with Crippen LogP contribution in [0, 0.1) is 17.7 Å². The number of carbonyl (C=O) groups is 1. The number of hydrogen-bond donors (Lipinski definition) is 1. The second-order valence-electron chi connectivity index (χ2n) is 12.1. The first-order valence-electron chi connectivity index (χ1n) is 14.7. The van der Waals surface area contributed by atoms with Crippen molar-refractivity contribution in [2.24, 2.45) is 24.6 Å². The van der Waals surface area contributed by atoms with E-state index < -0.39 is 23.6 Å². The molecule has 6 rings (SSSR count). The van der Waals surface area contributed by atoms with Crippen LogP contribution in [0.2, 0.25) is 5.02 Å². The maximum atomic E-state index is 14.9. The molecular weight excluding hydrogens is 602 g/mol. The van der Waals surface area contributed by atoms with E-state index in [4.69, 9.17) is 22.1 Å². The van der Waals surface area contributed by atoms with Gasteiger partial charge in [0.2, 0.25) is 11.9 Å². The van der Waals surface area contributed by atoms with E-state index in [0.29, 0.717) is 47.3 Å². The van der Waals surface area contributed by atoms with Crippen molar-refractivity contribution in [3.8, 4) is 5.75 Å². The fourth-order valence-corrected chi connectivity index (χ4v) is 6.77. The molecule has 0 spiro atoms. The van der Waals surface area contributed by atoms with Gasteiger partial charge in [0.25, 0.3) is 0 Å². The lowest BCUT2D eigenvalue weighted by molar-refractivity contribution is -0.143. The summed E-state index contributed by atoms with van der Waals surface area (Å²) in [5, 5.41) is 4.13. The van der Waals surface area contributed by atoms with Crippen molar-refractivity contribution in [2.45, 2.75) is 56.8 Å². The summed E-state index contributed by atoms with van der Waals surface area (Å²) in [7, 11) is 1.46. The zero-order valence-electron chi connectivity index (χ0n) is 24.3. The molecule has 2 N–H and O–H groups in total. The zero-order chi connectivity index (χ0) is 31.2. The molecule has 3 aromatic rings. The van der Waals surface area contributed by atoms with Gasteiger partial charge < -0.3 is 20.3 Å². The lowest BCUT2D eigenvalue weighted by Crippen LogP contribution is -2.38. The number of aromatic nitrogens is 4. The van der Waals surface area contributed by atoms with Crippen LogP contribution in [0.4, 0.5) is 23.5 Å². The SMILES string of the molecule is Cn1nc(C(F)(F)F)c2c1CCN(C(=O)Cc1ccc(OCC[C@]3(N)C[C@@H]3C3CCN(c4ncc(Cl)cn4)CC3)cc1F)C2. The molecule has 4 heterocycles. The minimum absolute atomic E-state index is 0.00241. The van der Waals surface area contributed by atoms with Crippen molar-refractivity contribution >= 4 is 23.5 Å². The van der Waals surface area contributed by atoms with Crippen LogP contribution in [0.15, 0.2) is 30.6 Å². The van der Waals surface area contributed by atoms with E-state index in [2.05, 4.69) is 20.0 Å². The number of nitrogens with zero attached hydrogens (tertiary/aromatic N) is 6. The van der Waals surface area contributed by atoms with Gasteiger partial charge in [0.15, 0.2) is 5.69 Å². The zero-order valence-corrected chi connectivity index (χ0v) is 25.0. The first-order chi connectivity index (χ1) is 20.9. The van der Waals surface area contributed by atoms with Crippen molar-refractivity contribution in [1.29, 1.82) is 0 Å². The van der Waals surface area contributed by atoms with E-state index in [9.17, 15) is 22.4 Å². The van der Waals surface area contributed by atoms with Gasteiger partial charge in [0, 0.05) is 62.5 Å². The van der Waals surface area contributed by atoms with E-state index in [0.717, 1.165) is 32.4 Å². The summed E-state index contributed by atoms with van der Waals surface area (Å²) in [6.07, 6.45) is 2.16. The van der Waals surface area contributed by atoms with Crippen LogP contribution in [-0.2, 0) is 37.4 Å². The van der Waals surface area contributed by atoms with E-state index >= 15 is 0 Å². The number of piperidine rings is 1. The van der Waals surface area contributed by atoms with Crippen molar-refractivity contribution in [1.82, 2.24) is 24.6 Å². The molecule has 3 aliphatic rings. The third kappa shape index (κ3) is 6.35. The lowest BCUT2D eigenvalue weighted by Gasteiger charge is -2.33. The van der Waals surface area contributed by atoms with Gasteiger partial charge >= 0.3 is 6.18 Å². The van der Waals surface area contributed by atoms with Gasteiger partial charge in [-0.3, -0.25) is 9.48 Å². The molecule has 0 bridgehead atoms. The first kappa shape index (κ1) is 30.6. The maximum absolute atomic E-state index is 14.9. The molecule has 2 fully saturated rings. The van der Waals surface area contributed by atoms with Crippen LogP contribution in [-0.4, -0.2) is 62.3 Å². The predicted octanol–water partition coefficient (Wildman–Crippen LogP) is 4.55. The molecule has 2 aromatic heterocycles. The summed E-state index contributed by atoms with van der Waals surface area (Å²) < 4.78 is 62.3. The third-order valence-electron chi connectivity index (χ3n) is 9.24. The highest BCUT2D eigenvalue weighted by Crippen LogP contribution is 2.51. The van der Waals surface area contributed by atoms with Crippen molar-refractivity contribution in [3.05, 3.63) is 63.9 Å². The summed E-state index contributed by atoms with van der Waals surface area (Å²) in [5.41, 5.74) is 6.01. The Morgan fingerprint density at radius 1 is 1.18 bits per heavy atom. The molecular formula is C30H34ClF4N7O2. The predicted molar refractivity (Wildman–Crippen MR) is 155 cm³/mol. The first-order valence-corrected chi connectivity index (χ1v) is 15.1. The number of rotatable bonds is 8. The standard InChI is InChI=1S/C30H34ClF4N7O2/c1-40-25-6-10-42(17-22(25)27(39-40)30(33,34)35)26(43)12-19-2-3-21(13-24(19)32)44-11-7-29(36)14-23(29)18-4-8-41(9-5-18)28-37-15-20(31)16-38-28/h2-3,13,15-16,18,23H,4-12,14,17,36H2,1H3/t23-,29+/m1/s1. The number of aryl methyl sites for hydroxylation is 1. The minimum atomic E-state index is -4.62. The number of anilines is 1. The fourth-order valence-electron chi connectivity index (χ4n) is 6.67. The van der Waals surface area contributed by atoms with Gasteiger partial charge in [-0.15, -0.1) is 0 Å². The van der Waals surface area contributed by atoms with Crippen molar-refractivity contribution < 1.29 is 27.1 Å². The molecule has 1 saturated carbocycles. The Morgan fingerprint density at radius 2 is 1.91 bits per heavy atom. The number of halogens is 5. The molecule has 9 nitrogen and oxygen atoms in total. The molecule has 0 radical (unpaired) electrons. The van der Waals surface area contributed by atoms with Gasteiger partial charge in [-0.25, -0.2) is 14.4 Å². The van der Waals surface area contributed by atoms with Crippen LogP contribution < -0.4 is 15.4 Å². The molecule has 1 aromatic carbocycles. The molecule has 14 heteroatoms. The Bertz CT molecular complexity index is 1520. The lowest BCUT2D eigenvalue weighted by atomic mass is 9.89. The van der Waals surface area contributed by atoms with E-state index in [1.165, 1.54) is 28.8 Å². The molecule has 2 aliphatic heterocycles. The highest BCUT2D eigenvalue weighted by atomic mass is 35.5. The molecule has 1 aliphatic carbocycles. The summed E-state index contributed by atoms with van der Waals surface area (Å²) in [6, 6.07) is 4.33. The van der Waals surface area contributed by atoms with Crippen LogP contribution >= 0.6 is 11.6 Å². The highest BCUT2D eigenvalue weighted by Gasteiger charge is 2.54. The Kier molecular flexibility index (Phi) is 8.20.